The first-order chi connectivity index (χ1) is 14.0. The van der Waals surface area contributed by atoms with Crippen LogP contribution in [0.4, 0.5) is 5.82 Å². The van der Waals surface area contributed by atoms with Gasteiger partial charge in [-0.2, -0.15) is 0 Å². The standard InChI is InChI=1S/C21H22ClN3O3S/c1-11(21(26)27)18-24-19(23-10-12-7-8-15(28-2)14(22)9-12)17-13-5-3-4-6-16(13)29-20(17)25-18/h7-9,11H,3-6,10H2,1-2H3,(H,26,27)(H,23,24,25). The Morgan fingerprint density at radius 1 is 1.34 bits per heavy atom. The first kappa shape index (κ1) is 19.9. The molecule has 1 atom stereocenters. The van der Waals surface area contributed by atoms with E-state index in [-0.39, 0.29) is 0 Å². The third kappa shape index (κ3) is 3.89. The lowest BCUT2D eigenvalue weighted by Crippen LogP contribution is -2.13. The van der Waals surface area contributed by atoms with Crippen LogP contribution in [0.25, 0.3) is 10.2 Å². The lowest BCUT2D eigenvalue weighted by Gasteiger charge is -2.14. The summed E-state index contributed by atoms with van der Waals surface area (Å²) >= 11 is 7.91. The first-order valence-electron chi connectivity index (χ1n) is 9.59. The van der Waals surface area contributed by atoms with Crippen molar-refractivity contribution < 1.29 is 14.6 Å². The third-order valence-electron chi connectivity index (χ3n) is 5.27. The summed E-state index contributed by atoms with van der Waals surface area (Å²) in [6, 6.07) is 5.63. The van der Waals surface area contributed by atoms with E-state index < -0.39 is 11.9 Å². The Bertz CT molecular complexity index is 1080. The molecule has 4 rings (SSSR count). The van der Waals surface area contributed by atoms with Crippen molar-refractivity contribution in [2.45, 2.75) is 45.1 Å². The molecule has 0 fully saturated rings. The molecule has 0 spiro atoms. The van der Waals surface area contributed by atoms with Crippen molar-refractivity contribution in [2.24, 2.45) is 0 Å². The maximum Gasteiger partial charge on any atom is 0.313 e. The van der Waals surface area contributed by atoms with Crippen LogP contribution < -0.4 is 10.1 Å². The number of carbonyl (C=O) groups is 1. The average Bonchev–Trinajstić information content (AvgIpc) is 3.10. The van der Waals surface area contributed by atoms with Gasteiger partial charge in [0.1, 0.15) is 28.1 Å². The number of carboxylic acid groups (broad SMARTS) is 1. The predicted molar refractivity (Wildman–Crippen MR) is 115 cm³/mol. The molecule has 2 N–H and O–H groups in total. The van der Waals surface area contributed by atoms with Crippen LogP contribution >= 0.6 is 22.9 Å². The number of aromatic nitrogens is 2. The molecule has 0 aliphatic heterocycles. The summed E-state index contributed by atoms with van der Waals surface area (Å²) in [7, 11) is 1.58. The fourth-order valence-corrected chi connectivity index (χ4v) is 5.16. The number of rotatable bonds is 6. The quantitative estimate of drug-likeness (QED) is 0.569. The van der Waals surface area contributed by atoms with E-state index in [0.717, 1.165) is 35.0 Å². The molecule has 1 aromatic carbocycles. The number of methoxy groups -OCH3 is 1. The molecule has 152 valence electrons. The number of thiophene rings is 1. The van der Waals surface area contributed by atoms with Crippen LogP contribution in [-0.2, 0) is 24.2 Å². The Labute approximate surface area is 177 Å². The highest BCUT2D eigenvalue weighted by molar-refractivity contribution is 7.19. The number of nitrogens with one attached hydrogen (secondary N) is 1. The first-order valence-corrected chi connectivity index (χ1v) is 10.8. The number of fused-ring (bicyclic) bond motifs is 3. The molecule has 2 aromatic heterocycles. The number of hydrogen-bond donors (Lipinski definition) is 2. The minimum Gasteiger partial charge on any atom is -0.495 e. The number of aryl methyl sites for hydroxylation is 2. The SMILES string of the molecule is COc1ccc(CNc2nc(C(C)C(=O)O)nc3sc4c(c23)CCCC4)cc1Cl. The van der Waals surface area contributed by atoms with E-state index in [2.05, 4.69) is 15.3 Å². The molecular weight excluding hydrogens is 410 g/mol. The molecular formula is C21H22ClN3O3S. The molecule has 29 heavy (non-hydrogen) atoms. The van der Waals surface area contributed by atoms with Gasteiger partial charge in [-0.1, -0.05) is 17.7 Å². The molecule has 0 bridgehead atoms. The number of nitrogens with zero attached hydrogens (tertiary/aromatic N) is 2. The summed E-state index contributed by atoms with van der Waals surface area (Å²) in [6.07, 6.45) is 4.39. The van der Waals surface area contributed by atoms with Gasteiger partial charge >= 0.3 is 5.97 Å². The van der Waals surface area contributed by atoms with Crippen molar-refractivity contribution in [1.29, 1.82) is 0 Å². The lowest BCUT2D eigenvalue weighted by molar-refractivity contribution is -0.138. The van der Waals surface area contributed by atoms with Crippen molar-refractivity contribution in [1.82, 2.24) is 9.97 Å². The van der Waals surface area contributed by atoms with E-state index in [1.54, 1.807) is 25.4 Å². The minimum atomic E-state index is -0.932. The molecule has 1 unspecified atom stereocenters. The topological polar surface area (TPSA) is 84.3 Å². The molecule has 0 saturated heterocycles. The summed E-state index contributed by atoms with van der Waals surface area (Å²) < 4.78 is 5.21. The van der Waals surface area contributed by atoms with E-state index in [1.807, 2.05) is 18.2 Å². The molecule has 2 heterocycles. The zero-order chi connectivity index (χ0) is 20.5. The normalized spacial score (nSPS) is 14.4. The summed E-state index contributed by atoms with van der Waals surface area (Å²) in [5.41, 5.74) is 2.29. The fraction of sp³-hybridized carbons (Fsp3) is 0.381. The maximum absolute atomic E-state index is 11.5. The maximum atomic E-state index is 11.5. The molecule has 8 heteroatoms. The van der Waals surface area contributed by atoms with Crippen molar-refractivity contribution in [3.05, 3.63) is 45.1 Å². The number of anilines is 1. The van der Waals surface area contributed by atoms with Crippen LogP contribution in [0, 0.1) is 0 Å². The predicted octanol–water partition coefficient (Wildman–Crippen LogP) is 5.03. The van der Waals surface area contributed by atoms with Crippen LogP contribution in [0.3, 0.4) is 0 Å². The summed E-state index contributed by atoms with van der Waals surface area (Å²) in [6.45, 7) is 2.13. The summed E-state index contributed by atoms with van der Waals surface area (Å²) in [5, 5.41) is 14.4. The molecule has 1 aliphatic rings. The van der Waals surface area contributed by atoms with Gasteiger partial charge in [0, 0.05) is 11.4 Å². The van der Waals surface area contributed by atoms with Gasteiger partial charge in [0.25, 0.3) is 0 Å². The van der Waals surface area contributed by atoms with Gasteiger partial charge in [-0.15, -0.1) is 11.3 Å². The second kappa shape index (κ2) is 8.16. The van der Waals surface area contributed by atoms with E-state index in [0.29, 0.717) is 29.0 Å². The average molecular weight is 432 g/mol. The molecule has 0 amide bonds. The van der Waals surface area contributed by atoms with Crippen molar-refractivity contribution in [3.8, 4) is 5.75 Å². The van der Waals surface area contributed by atoms with Crippen LogP contribution in [0.1, 0.15) is 47.5 Å². The third-order valence-corrected chi connectivity index (χ3v) is 6.75. The second-order valence-corrected chi connectivity index (χ2v) is 8.69. The van der Waals surface area contributed by atoms with Crippen molar-refractivity contribution >= 4 is 44.9 Å². The van der Waals surface area contributed by atoms with E-state index in [4.69, 9.17) is 16.3 Å². The Hall–Kier alpha value is -2.38. The number of aliphatic carboxylic acids is 1. The van der Waals surface area contributed by atoms with Crippen molar-refractivity contribution in [2.75, 3.05) is 12.4 Å². The largest absolute Gasteiger partial charge is 0.495 e. The number of carboxylic acids is 1. The number of benzene rings is 1. The van der Waals surface area contributed by atoms with Crippen LogP contribution in [0.2, 0.25) is 5.02 Å². The van der Waals surface area contributed by atoms with Crippen LogP contribution in [-0.4, -0.2) is 28.2 Å². The monoisotopic (exact) mass is 431 g/mol. The molecule has 3 aromatic rings. The van der Waals surface area contributed by atoms with E-state index in [1.165, 1.54) is 16.9 Å². The number of ether oxygens (including phenoxy) is 1. The highest BCUT2D eigenvalue weighted by atomic mass is 35.5. The molecule has 6 nitrogen and oxygen atoms in total. The lowest BCUT2D eigenvalue weighted by atomic mass is 9.97. The zero-order valence-corrected chi connectivity index (χ0v) is 17.9. The Morgan fingerprint density at radius 2 is 2.14 bits per heavy atom. The Balaban J connectivity index is 1.73. The Kier molecular flexibility index (Phi) is 5.61. The molecule has 1 aliphatic carbocycles. The zero-order valence-electron chi connectivity index (χ0n) is 16.3. The minimum absolute atomic E-state index is 0.332. The van der Waals surface area contributed by atoms with Crippen molar-refractivity contribution in [3.63, 3.8) is 0 Å². The van der Waals surface area contributed by atoms with E-state index >= 15 is 0 Å². The molecule has 0 radical (unpaired) electrons. The van der Waals surface area contributed by atoms with Gasteiger partial charge < -0.3 is 15.2 Å². The number of halogens is 1. The van der Waals surface area contributed by atoms with Crippen LogP contribution in [0.15, 0.2) is 18.2 Å². The summed E-state index contributed by atoms with van der Waals surface area (Å²) in [4.78, 5) is 22.9. The van der Waals surface area contributed by atoms with Gasteiger partial charge in [0.05, 0.1) is 17.5 Å². The van der Waals surface area contributed by atoms with Gasteiger partial charge in [-0.3, -0.25) is 4.79 Å². The second-order valence-electron chi connectivity index (χ2n) is 7.20. The highest BCUT2D eigenvalue weighted by Gasteiger charge is 2.24. The smallest absolute Gasteiger partial charge is 0.313 e. The highest BCUT2D eigenvalue weighted by Crippen LogP contribution is 2.39. The van der Waals surface area contributed by atoms with Crippen LogP contribution in [0.5, 0.6) is 5.75 Å². The van der Waals surface area contributed by atoms with Gasteiger partial charge in [0.2, 0.25) is 0 Å². The fourth-order valence-electron chi connectivity index (χ4n) is 3.61. The Morgan fingerprint density at radius 3 is 2.86 bits per heavy atom. The van der Waals surface area contributed by atoms with Gasteiger partial charge in [0.15, 0.2) is 0 Å². The van der Waals surface area contributed by atoms with Gasteiger partial charge in [-0.25, -0.2) is 9.97 Å². The number of hydrogen-bond acceptors (Lipinski definition) is 6. The van der Waals surface area contributed by atoms with Gasteiger partial charge in [-0.05, 0) is 55.9 Å². The molecule has 0 saturated carbocycles. The van der Waals surface area contributed by atoms with E-state index in [9.17, 15) is 9.90 Å². The summed E-state index contributed by atoms with van der Waals surface area (Å²) in [5.74, 6) is -0.0410.